The quantitative estimate of drug-likeness (QED) is 0.134. The first-order valence-corrected chi connectivity index (χ1v) is 16.8. The van der Waals surface area contributed by atoms with Crippen molar-refractivity contribution in [2.24, 2.45) is 16.8 Å². The summed E-state index contributed by atoms with van der Waals surface area (Å²) in [6, 6.07) is 11.0. The van der Waals surface area contributed by atoms with Crippen LogP contribution in [0.25, 0.3) is 5.57 Å². The SMILES string of the molecule is C/C=C(\N=CC(C)CCC)NCc1c(OC)cc(N(/C=C(/C)CC)c2ccc(C(/C=C/CC)=C/C(C)CC)cc2C)cc1OC. The van der Waals surface area contributed by atoms with Crippen molar-refractivity contribution in [3.63, 3.8) is 0 Å². The van der Waals surface area contributed by atoms with E-state index < -0.39 is 0 Å². The van der Waals surface area contributed by atoms with Crippen molar-refractivity contribution >= 4 is 23.2 Å². The number of aliphatic imine (C=N–C) groups is 1. The van der Waals surface area contributed by atoms with Crippen LogP contribution in [-0.4, -0.2) is 20.4 Å². The largest absolute Gasteiger partial charge is 0.496 e. The van der Waals surface area contributed by atoms with Crippen LogP contribution < -0.4 is 19.7 Å². The number of aryl methyl sites for hydroxylation is 1. The zero-order valence-electron chi connectivity index (χ0n) is 30.0. The van der Waals surface area contributed by atoms with Gasteiger partial charge in [-0.3, -0.25) is 0 Å². The molecule has 2 aromatic rings. The van der Waals surface area contributed by atoms with E-state index in [4.69, 9.17) is 14.5 Å². The normalized spacial score (nSPS) is 14.2. The Kier molecular flexibility index (Phi) is 16.3. The molecule has 45 heavy (non-hydrogen) atoms. The molecule has 0 aliphatic rings. The maximum absolute atomic E-state index is 5.97. The first-order valence-electron chi connectivity index (χ1n) is 16.8. The first-order chi connectivity index (χ1) is 21.6. The van der Waals surface area contributed by atoms with Crippen molar-refractivity contribution in [2.45, 2.75) is 101 Å². The van der Waals surface area contributed by atoms with Crippen LogP contribution in [-0.2, 0) is 6.54 Å². The van der Waals surface area contributed by atoms with Gasteiger partial charge >= 0.3 is 0 Å². The standard InChI is InChI=1S/C40H59N3O2/c1-12-17-19-33(22-29(6)14-3)34-20-21-37(32(9)23-34)43(28-30(7)15-4)35-24-38(44-10)36(39(25-35)45-11)27-42-40(16-5)41-26-31(8)18-13-2/h16-17,19-26,28-29,31,42H,12-15,18,27H2,1-11H3/b19-17+,30-28-,33-22+,40-16+,41-26?. The summed E-state index contributed by atoms with van der Waals surface area (Å²) in [5.74, 6) is 3.32. The number of benzene rings is 2. The molecular weight excluding hydrogens is 554 g/mol. The fourth-order valence-electron chi connectivity index (χ4n) is 5.04. The maximum Gasteiger partial charge on any atom is 0.129 e. The fourth-order valence-corrected chi connectivity index (χ4v) is 5.04. The molecule has 2 aromatic carbocycles. The smallest absolute Gasteiger partial charge is 0.129 e. The van der Waals surface area contributed by atoms with E-state index in [0.29, 0.717) is 18.4 Å². The average molecular weight is 614 g/mol. The minimum atomic E-state index is 0.438. The van der Waals surface area contributed by atoms with Crippen molar-refractivity contribution in [2.75, 3.05) is 19.1 Å². The van der Waals surface area contributed by atoms with Crippen molar-refractivity contribution in [1.29, 1.82) is 0 Å². The van der Waals surface area contributed by atoms with Crippen LogP contribution in [0.2, 0.25) is 0 Å². The van der Waals surface area contributed by atoms with E-state index in [2.05, 4.69) is 120 Å². The van der Waals surface area contributed by atoms with Crippen LogP contribution in [0.4, 0.5) is 11.4 Å². The van der Waals surface area contributed by atoms with E-state index in [1.807, 2.05) is 19.2 Å². The minimum absolute atomic E-state index is 0.438. The van der Waals surface area contributed by atoms with Gasteiger partial charge in [-0.05, 0) is 86.8 Å². The monoisotopic (exact) mass is 613 g/mol. The zero-order chi connectivity index (χ0) is 33.4. The second kappa shape index (κ2) is 19.6. The van der Waals surface area contributed by atoms with Crippen molar-refractivity contribution in [1.82, 2.24) is 5.32 Å². The molecule has 2 atom stereocenters. The molecule has 0 aliphatic heterocycles. The molecule has 0 fully saturated rings. The van der Waals surface area contributed by atoms with E-state index >= 15 is 0 Å². The number of allylic oxidation sites excluding steroid dienone is 6. The maximum atomic E-state index is 5.97. The molecule has 0 amide bonds. The first kappa shape index (κ1) is 37.5. The summed E-state index contributed by atoms with van der Waals surface area (Å²) >= 11 is 0. The highest BCUT2D eigenvalue weighted by atomic mass is 16.5. The Labute approximate surface area is 274 Å². The van der Waals surface area contributed by atoms with Crippen molar-refractivity contribution in [3.05, 3.63) is 88.9 Å². The zero-order valence-corrected chi connectivity index (χ0v) is 30.0. The van der Waals surface area contributed by atoms with E-state index in [1.165, 1.54) is 22.3 Å². The van der Waals surface area contributed by atoms with E-state index in [1.54, 1.807) is 14.2 Å². The second-order valence-corrected chi connectivity index (χ2v) is 11.9. The fraction of sp³-hybridized carbons (Fsp3) is 0.475. The lowest BCUT2D eigenvalue weighted by Crippen LogP contribution is -2.15. The third-order valence-corrected chi connectivity index (χ3v) is 8.14. The van der Waals surface area contributed by atoms with Crippen molar-refractivity contribution < 1.29 is 9.47 Å². The highest BCUT2D eigenvalue weighted by molar-refractivity contribution is 5.79. The van der Waals surface area contributed by atoms with Gasteiger partial charge in [-0.25, -0.2) is 4.99 Å². The highest BCUT2D eigenvalue weighted by Crippen LogP contribution is 2.39. The highest BCUT2D eigenvalue weighted by Gasteiger charge is 2.19. The third-order valence-electron chi connectivity index (χ3n) is 8.14. The van der Waals surface area contributed by atoms with Gasteiger partial charge in [0.05, 0.1) is 25.5 Å². The topological polar surface area (TPSA) is 46.1 Å². The van der Waals surface area contributed by atoms with E-state index in [-0.39, 0.29) is 0 Å². The Bertz CT molecular complexity index is 1340. The Morgan fingerprint density at radius 1 is 1.00 bits per heavy atom. The molecule has 0 bridgehead atoms. The lowest BCUT2D eigenvalue weighted by atomic mass is 9.96. The van der Waals surface area contributed by atoms with Gasteiger partial charge in [0.2, 0.25) is 0 Å². The summed E-state index contributed by atoms with van der Waals surface area (Å²) in [5.41, 5.74) is 8.04. The number of nitrogens with zero attached hydrogens (tertiary/aromatic N) is 2. The van der Waals surface area contributed by atoms with Gasteiger partial charge in [0, 0.05) is 36.8 Å². The van der Waals surface area contributed by atoms with E-state index in [9.17, 15) is 0 Å². The average Bonchev–Trinajstić information content (AvgIpc) is 3.05. The molecule has 5 heteroatoms. The molecule has 0 radical (unpaired) electrons. The Morgan fingerprint density at radius 3 is 2.22 bits per heavy atom. The molecule has 5 nitrogen and oxygen atoms in total. The molecule has 246 valence electrons. The summed E-state index contributed by atoms with van der Waals surface area (Å²) in [6.07, 6.45) is 18.5. The number of anilines is 2. The van der Waals surface area contributed by atoms with Gasteiger partial charge in [-0.2, -0.15) is 0 Å². The summed E-state index contributed by atoms with van der Waals surface area (Å²) < 4.78 is 11.9. The van der Waals surface area contributed by atoms with Gasteiger partial charge < -0.3 is 19.7 Å². The predicted molar refractivity (Wildman–Crippen MR) is 197 cm³/mol. The predicted octanol–water partition coefficient (Wildman–Crippen LogP) is 11.3. The molecule has 2 rings (SSSR count). The van der Waals surface area contributed by atoms with Gasteiger partial charge in [-0.1, -0.05) is 84.3 Å². The van der Waals surface area contributed by atoms with Crippen LogP contribution >= 0.6 is 0 Å². The number of hydrogen-bond donors (Lipinski definition) is 1. The lowest BCUT2D eigenvalue weighted by Gasteiger charge is -2.26. The summed E-state index contributed by atoms with van der Waals surface area (Å²) in [5, 5.41) is 3.48. The number of rotatable bonds is 18. The number of hydrogen-bond acceptors (Lipinski definition) is 5. The summed E-state index contributed by atoms with van der Waals surface area (Å²) in [7, 11) is 3.44. The second-order valence-electron chi connectivity index (χ2n) is 11.9. The molecule has 0 aliphatic carbocycles. The molecule has 1 N–H and O–H groups in total. The molecule has 0 saturated carbocycles. The minimum Gasteiger partial charge on any atom is -0.496 e. The third kappa shape index (κ3) is 11.3. The molecule has 0 spiro atoms. The number of nitrogens with one attached hydrogen (secondary N) is 1. The molecule has 0 aromatic heterocycles. The van der Waals surface area contributed by atoms with Crippen LogP contribution in [0.1, 0.15) is 104 Å². The van der Waals surface area contributed by atoms with Gasteiger partial charge in [0.15, 0.2) is 0 Å². The summed E-state index contributed by atoms with van der Waals surface area (Å²) in [4.78, 5) is 6.96. The molecule has 0 heterocycles. The van der Waals surface area contributed by atoms with E-state index in [0.717, 1.165) is 66.4 Å². The van der Waals surface area contributed by atoms with Crippen LogP contribution in [0.15, 0.2) is 77.2 Å². The molecule has 0 saturated heterocycles. The van der Waals surface area contributed by atoms with Gasteiger partial charge in [0.25, 0.3) is 0 Å². The number of ether oxygens (including phenoxy) is 2. The summed E-state index contributed by atoms with van der Waals surface area (Å²) in [6.45, 7) is 20.2. The molecular formula is C40H59N3O2. The number of methoxy groups -OCH3 is 2. The Balaban J connectivity index is 2.58. The lowest BCUT2D eigenvalue weighted by molar-refractivity contribution is 0.384. The van der Waals surface area contributed by atoms with Crippen molar-refractivity contribution in [3.8, 4) is 11.5 Å². The van der Waals surface area contributed by atoms with Gasteiger partial charge in [0.1, 0.15) is 17.3 Å². The van der Waals surface area contributed by atoms with Crippen LogP contribution in [0, 0.1) is 18.8 Å². The Hall–Kier alpha value is -3.73. The van der Waals surface area contributed by atoms with Crippen LogP contribution in [0.5, 0.6) is 11.5 Å². The Morgan fingerprint density at radius 2 is 1.69 bits per heavy atom. The van der Waals surface area contributed by atoms with Crippen LogP contribution in [0.3, 0.4) is 0 Å². The molecule has 2 unspecified atom stereocenters. The van der Waals surface area contributed by atoms with Gasteiger partial charge in [-0.15, -0.1) is 0 Å².